The second-order valence-corrected chi connectivity index (χ2v) is 4.13. The van der Waals surface area contributed by atoms with Crippen LogP contribution in [0.2, 0.25) is 5.02 Å². The smallest absolute Gasteiger partial charge is 0.230 e. The number of rotatable bonds is 2. The minimum absolute atomic E-state index is 0.225. The van der Waals surface area contributed by atoms with Gasteiger partial charge in [0.15, 0.2) is 5.82 Å². The van der Waals surface area contributed by atoms with Crippen LogP contribution in [0.3, 0.4) is 0 Å². The van der Waals surface area contributed by atoms with Crippen LogP contribution in [0.1, 0.15) is 16.2 Å². The zero-order valence-electron chi connectivity index (χ0n) is 7.50. The average Bonchev–Trinajstić information content (AvgIpc) is 2.69. The maximum Gasteiger partial charge on any atom is 0.230 e. The highest BCUT2D eigenvalue weighted by molar-refractivity contribution is 9.10. The number of benzene rings is 1. The van der Waals surface area contributed by atoms with E-state index in [1.807, 2.05) is 0 Å². The summed E-state index contributed by atoms with van der Waals surface area (Å²) in [6.07, 6.45) is 3.12. The van der Waals surface area contributed by atoms with E-state index in [0.29, 0.717) is 15.1 Å². The lowest BCUT2D eigenvalue weighted by Crippen LogP contribution is -2.05. The lowest BCUT2D eigenvalue weighted by atomic mass is 10.1. The number of halogens is 2. The summed E-state index contributed by atoms with van der Waals surface area (Å²) >= 11 is 9.24. The molecule has 2 aromatic rings. The van der Waals surface area contributed by atoms with Gasteiger partial charge < -0.3 is 4.98 Å². The van der Waals surface area contributed by atoms with Crippen LogP contribution in [-0.4, -0.2) is 15.8 Å². The number of hydrogen-bond acceptors (Lipinski definition) is 2. The Labute approximate surface area is 99.6 Å². The van der Waals surface area contributed by atoms with Crippen LogP contribution in [0.25, 0.3) is 0 Å². The molecule has 1 aromatic heterocycles. The minimum atomic E-state index is -0.225. The van der Waals surface area contributed by atoms with Crippen molar-refractivity contribution in [1.29, 1.82) is 0 Å². The Morgan fingerprint density at radius 2 is 2.27 bits per heavy atom. The quantitative estimate of drug-likeness (QED) is 0.862. The molecule has 0 radical (unpaired) electrons. The fourth-order valence-electron chi connectivity index (χ4n) is 1.22. The Morgan fingerprint density at radius 3 is 2.87 bits per heavy atom. The summed E-state index contributed by atoms with van der Waals surface area (Å²) in [6.45, 7) is 0. The van der Waals surface area contributed by atoms with Crippen LogP contribution in [-0.2, 0) is 0 Å². The van der Waals surface area contributed by atoms with Crippen molar-refractivity contribution < 1.29 is 4.79 Å². The van der Waals surface area contributed by atoms with Gasteiger partial charge in [0.1, 0.15) is 0 Å². The summed E-state index contributed by atoms with van der Waals surface area (Å²) < 4.78 is 0.663. The third kappa shape index (κ3) is 1.96. The first-order valence-electron chi connectivity index (χ1n) is 4.18. The van der Waals surface area contributed by atoms with E-state index < -0.39 is 0 Å². The van der Waals surface area contributed by atoms with Crippen molar-refractivity contribution in [2.75, 3.05) is 0 Å². The summed E-state index contributed by atoms with van der Waals surface area (Å²) in [7, 11) is 0. The second-order valence-electron chi connectivity index (χ2n) is 2.86. The molecule has 15 heavy (non-hydrogen) atoms. The van der Waals surface area contributed by atoms with Crippen LogP contribution >= 0.6 is 27.5 Å². The number of ketones is 1. The minimum Gasteiger partial charge on any atom is -0.342 e. The highest BCUT2D eigenvalue weighted by Gasteiger charge is 2.17. The second kappa shape index (κ2) is 4.16. The zero-order valence-corrected chi connectivity index (χ0v) is 9.84. The van der Waals surface area contributed by atoms with E-state index >= 15 is 0 Å². The van der Waals surface area contributed by atoms with Crippen molar-refractivity contribution in [1.82, 2.24) is 9.97 Å². The van der Waals surface area contributed by atoms with Crippen molar-refractivity contribution in [2.45, 2.75) is 0 Å². The van der Waals surface area contributed by atoms with E-state index in [1.54, 1.807) is 24.4 Å². The molecule has 0 bridgehead atoms. The Morgan fingerprint density at radius 1 is 1.47 bits per heavy atom. The summed E-state index contributed by atoms with van der Waals surface area (Å²) in [6, 6.07) is 5.20. The summed E-state index contributed by atoms with van der Waals surface area (Å²) in [5, 5.41) is 0.408. The van der Waals surface area contributed by atoms with Gasteiger partial charge in [-0.05, 0) is 28.1 Å². The Kier molecular flexibility index (Phi) is 2.88. The van der Waals surface area contributed by atoms with E-state index in [-0.39, 0.29) is 11.6 Å². The Balaban J connectivity index is 2.51. The van der Waals surface area contributed by atoms with Crippen molar-refractivity contribution in [2.24, 2.45) is 0 Å². The number of imidazole rings is 1. The summed E-state index contributed by atoms with van der Waals surface area (Å²) in [5.74, 6) is 0.0567. The highest BCUT2D eigenvalue weighted by Crippen LogP contribution is 2.26. The van der Waals surface area contributed by atoms with Crippen LogP contribution in [0.15, 0.2) is 35.1 Å². The van der Waals surface area contributed by atoms with E-state index in [0.717, 1.165) is 0 Å². The maximum absolute atomic E-state index is 11.9. The molecule has 0 atom stereocenters. The zero-order chi connectivity index (χ0) is 10.8. The van der Waals surface area contributed by atoms with Gasteiger partial charge in [0.2, 0.25) is 5.78 Å². The van der Waals surface area contributed by atoms with Crippen molar-refractivity contribution in [3.8, 4) is 0 Å². The van der Waals surface area contributed by atoms with Gasteiger partial charge in [-0.2, -0.15) is 0 Å². The molecule has 0 saturated carbocycles. The first kappa shape index (κ1) is 10.4. The largest absolute Gasteiger partial charge is 0.342 e. The molecule has 5 heteroatoms. The fourth-order valence-corrected chi connectivity index (χ4v) is 2.14. The molecule has 0 spiro atoms. The standard InChI is InChI=1S/C10H6BrClN2O/c11-6-2-1-3-7(12)8(6)9(15)10-13-4-5-14-10/h1-5H,(H,13,14). The SMILES string of the molecule is O=C(c1ncc[nH]1)c1c(Cl)cccc1Br. The first-order valence-corrected chi connectivity index (χ1v) is 5.35. The first-order chi connectivity index (χ1) is 7.20. The number of nitrogens with one attached hydrogen (secondary N) is 1. The van der Waals surface area contributed by atoms with Crippen LogP contribution in [0.5, 0.6) is 0 Å². The predicted octanol–water partition coefficient (Wildman–Crippen LogP) is 3.06. The molecule has 0 fully saturated rings. The molecule has 0 amide bonds. The van der Waals surface area contributed by atoms with Crippen LogP contribution in [0.4, 0.5) is 0 Å². The number of hydrogen-bond donors (Lipinski definition) is 1. The maximum atomic E-state index is 11.9. The van der Waals surface area contributed by atoms with Crippen LogP contribution in [0, 0.1) is 0 Å². The fraction of sp³-hybridized carbons (Fsp3) is 0. The lowest BCUT2D eigenvalue weighted by Gasteiger charge is -2.03. The van der Waals surface area contributed by atoms with Gasteiger partial charge in [-0.3, -0.25) is 4.79 Å². The number of carbonyl (C=O) groups is 1. The number of aromatic nitrogens is 2. The summed E-state index contributed by atoms with van der Waals surface area (Å²) in [4.78, 5) is 18.6. The molecule has 0 saturated heterocycles. The van der Waals surface area contributed by atoms with Gasteiger partial charge >= 0.3 is 0 Å². The molecule has 2 rings (SSSR count). The number of nitrogens with zero attached hydrogens (tertiary/aromatic N) is 1. The van der Waals surface area contributed by atoms with Crippen molar-refractivity contribution in [3.63, 3.8) is 0 Å². The molecule has 0 aliphatic rings. The topological polar surface area (TPSA) is 45.8 Å². The molecular formula is C10H6BrClN2O. The third-order valence-corrected chi connectivity index (χ3v) is 2.88. The van der Waals surface area contributed by atoms with E-state index in [9.17, 15) is 4.79 Å². The van der Waals surface area contributed by atoms with Crippen molar-refractivity contribution >= 4 is 33.3 Å². The van der Waals surface area contributed by atoms with Gasteiger partial charge in [-0.15, -0.1) is 0 Å². The molecule has 0 aliphatic heterocycles. The monoisotopic (exact) mass is 284 g/mol. The normalized spacial score (nSPS) is 10.3. The Hall–Kier alpha value is -1.13. The van der Waals surface area contributed by atoms with E-state index in [1.165, 1.54) is 6.20 Å². The number of aromatic amines is 1. The third-order valence-electron chi connectivity index (χ3n) is 1.90. The van der Waals surface area contributed by atoms with E-state index in [2.05, 4.69) is 25.9 Å². The predicted molar refractivity (Wildman–Crippen MR) is 61.2 cm³/mol. The summed E-state index contributed by atoms with van der Waals surface area (Å²) in [5.41, 5.74) is 0.425. The Bertz CT molecular complexity index is 476. The molecular weight excluding hydrogens is 279 g/mol. The van der Waals surface area contributed by atoms with Gasteiger partial charge in [0, 0.05) is 16.9 Å². The molecule has 76 valence electrons. The molecule has 3 nitrogen and oxygen atoms in total. The molecule has 0 unspecified atom stereocenters. The van der Waals surface area contributed by atoms with Crippen LogP contribution < -0.4 is 0 Å². The molecule has 1 N–H and O–H groups in total. The molecule has 1 heterocycles. The van der Waals surface area contributed by atoms with Crippen molar-refractivity contribution in [3.05, 3.63) is 51.5 Å². The highest BCUT2D eigenvalue weighted by atomic mass is 79.9. The number of carbonyl (C=O) groups excluding carboxylic acids is 1. The number of H-pyrrole nitrogens is 1. The lowest BCUT2D eigenvalue weighted by molar-refractivity contribution is 0.103. The van der Waals surface area contributed by atoms with Gasteiger partial charge in [0.05, 0.1) is 10.6 Å². The van der Waals surface area contributed by atoms with Gasteiger partial charge in [-0.25, -0.2) is 4.98 Å². The molecule has 0 aliphatic carbocycles. The average molecular weight is 286 g/mol. The molecule has 1 aromatic carbocycles. The van der Waals surface area contributed by atoms with Gasteiger partial charge in [0.25, 0.3) is 0 Å². The van der Waals surface area contributed by atoms with E-state index in [4.69, 9.17) is 11.6 Å². The van der Waals surface area contributed by atoms with Gasteiger partial charge in [-0.1, -0.05) is 17.7 Å².